The molecule has 0 atom stereocenters. The maximum Gasteiger partial charge on any atom is 0.309 e. The van der Waals surface area contributed by atoms with Crippen molar-refractivity contribution in [2.75, 3.05) is 0 Å². The van der Waals surface area contributed by atoms with Gasteiger partial charge in [-0.1, -0.05) is 24.3 Å². The molecular weight excluding hydrogens is 228 g/mol. The monoisotopic (exact) mass is 244 g/mol. The highest BCUT2D eigenvalue weighted by molar-refractivity contribution is 5.75. The number of benzene rings is 1. The molecule has 1 aromatic heterocycles. The van der Waals surface area contributed by atoms with E-state index in [0.29, 0.717) is 6.42 Å². The molecule has 4 heteroatoms. The van der Waals surface area contributed by atoms with Crippen LogP contribution in [0.3, 0.4) is 0 Å². The van der Waals surface area contributed by atoms with Gasteiger partial charge in [0.25, 0.3) is 0 Å². The molecule has 18 heavy (non-hydrogen) atoms. The van der Waals surface area contributed by atoms with Crippen molar-refractivity contribution < 1.29 is 9.90 Å². The van der Waals surface area contributed by atoms with Crippen molar-refractivity contribution in [1.29, 1.82) is 0 Å². The fraction of sp³-hybridized carbons (Fsp3) is 0.286. The van der Waals surface area contributed by atoms with Crippen molar-refractivity contribution >= 4 is 5.97 Å². The van der Waals surface area contributed by atoms with Crippen LogP contribution in [0.25, 0.3) is 11.4 Å². The number of carboxylic acid groups (broad SMARTS) is 1. The summed E-state index contributed by atoms with van der Waals surface area (Å²) in [6.07, 6.45) is 3.92. The Balaban J connectivity index is 2.38. The van der Waals surface area contributed by atoms with E-state index in [9.17, 15) is 9.90 Å². The van der Waals surface area contributed by atoms with Crippen molar-refractivity contribution in [2.24, 2.45) is 5.41 Å². The Kier molecular flexibility index (Phi) is 3.19. The predicted octanol–water partition coefficient (Wildman–Crippen LogP) is 2.73. The lowest BCUT2D eigenvalue weighted by Crippen LogP contribution is -2.26. The number of carboxylic acids is 1. The number of hydrogen-bond donors (Lipinski definition) is 2. The summed E-state index contributed by atoms with van der Waals surface area (Å²) in [4.78, 5) is 18.5. The van der Waals surface area contributed by atoms with Crippen molar-refractivity contribution in [3.05, 3.63) is 42.2 Å². The Hall–Kier alpha value is -2.10. The Morgan fingerprint density at radius 1 is 1.39 bits per heavy atom. The first-order valence-electron chi connectivity index (χ1n) is 5.82. The Morgan fingerprint density at radius 3 is 2.72 bits per heavy atom. The van der Waals surface area contributed by atoms with Gasteiger partial charge in [0.05, 0.1) is 5.41 Å². The summed E-state index contributed by atoms with van der Waals surface area (Å²) < 4.78 is 0. The first-order valence-corrected chi connectivity index (χ1v) is 5.82. The number of hydrogen-bond acceptors (Lipinski definition) is 2. The van der Waals surface area contributed by atoms with Crippen LogP contribution in [-0.2, 0) is 11.2 Å². The molecule has 2 aromatic rings. The summed E-state index contributed by atoms with van der Waals surface area (Å²) in [5.41, 5.74) is 1.15. The smallest absolute Gasteiger partial charge is 0.309 e. The predicted molar refractivity (Wildman–Crippen MR) is 69.1 cm³/mol. The van der Waals surface area contributed by atoms with E-state index in [1.165, 1.54) is 0 Å². The van der Waals surface area contributed by atoms with Gasteiger partial charge in [0.15, 0.2) is 0 Å². The van der Waals surface area contributed by atoms with Crippen LogP contribution < -0.4 is 0 Å². The standard InChI is InChI=1S/C14H16N2O2/c1-14(2,13(17)18)9-10-5-3-4-6-11(10)12-15-7-8-16-12/h3-8H,9H2,1-2H3,(H,15,16)(H,17,18). The van der Waals surface area contributed by atoms with E-state index in [1.54, 1.807) is 26.2 Å². The molecule has 0 aliphatic rings. The SMILES string of the molecule is CC(C)(Cc1ccccc1-c1ncc[nH]1)C(=O)O. The van der Waals surface area contributed by atoms with Gasteiger partial charge >= 0.3 is 5.97 Å². The third kappa shape index (κ3) is 2.42. The second-order valence-corrected chi connectivity index (χ2v) is 4.96. The molecule has 2 N–H and O–H groups in total. The summed E-state index contributed by atoms with van der Waals surface area (Å²) in [6, 6.07) is 7.74. The molecule has 4 nitrogen and oxygen atoms in total. The van der Waals surface area contributed by atoms with E-state index >= 15 is 0 Å². The zero-order valence-corrected chi connectivity index (χ0v) is 10.5. The lowest BCUT2D eigenvalue weighted by molar-refractivity contribution is -0.146. The molecule has 0 amide bonds. The number of nitrogens with zero attached hydrogens (tertiary/aromatic N) is 1. The number of carbonyl (C=O) groups is 1. The van der Waals surface area contributed by atoms with Crippen molar-refractivity contribution in [2.45, 2.75) is 20.3 Å². The molecule has 0 aliphatic carbocycles. The molecule has 1 aromatic carbocycles. The highest BCUT2D eigenvalue weighted by Crippen LogP contribution is 2.28. The van der Waals surface area contributed by atoms with Crippen molar-refractivity contribution in [1.82, 2.24) is 9.97 Å². The molecule has 94 valence electrons. The number of aromatic nitrogens is 2. The summed E-state index contributed by atoms with van der Waals surface area (Å²) in [6.45, 7) is 3.46. The Bertz CT molecular complexity index is 545. The molecular formula is C14H16N2O2. The van der Waals surface area contributed by atoms with Crippen molar-refractivity contribution in [3.8, 4) is 11.4 Å². The maximum absolute atomic E-state index is 11.2. The number of aliphatic carboxylic acids is 1. The summed E-state index contributed by atoms with van der Waals surface area (Å²) in [7, 11) is 0. The molecule has 2 rings (SSSR count). The summed E-state index contributed by atoms with van der Waals surface area (Å²) in [5, 5.41) is 9.20. The van der Waals surface area contributed by atoms with Gasteiger partial charge in [0, 0.05) is 18.0 Å². The van der Waals surface area contributed by atoms with Gasteiger partial charge in [-0.05, 0) is 25.8 Å². The average Bonchev–Trinajstić information content (AvgIpc) is 2.82. The first kappa shape index (κ1) is 12.4. The number of H-pyrrole nitrogens is 1. The fourth-order valence-electron chi connectivity index (χ4n) is 1.87. The fourth-order valence-corrected chi connectivity index (χ4v) is 1.87. The van der Waals surface area contributed by atoms with Crippen LogP contribution in [0.15, 0.2) is 36.7 Å². The molecule has 0 aliphatic heterocycles. The topological polar surface area (TPSA) is 66.0 Å². The normalized spacial score (nSPS) is 11.4. The van der Waals surface area contributed by atoms with Crippen LogP contribution in [0.4, 0.5) is 0 Å². The third-order valence-corrected chi connectivity index (χ3v) is 2.98. The average molecular weight is 244 g/mol. The van der Waals surface area contributed by atoms with Gasteiger partial charge in [0.1, 0.15) is 5.82 Å². The molecule has 1 heterocycles. The van der Waals surface area contributed by atoms with E-state index < -0.39 is 11.4 Å². The lowest BCUT2D eigenvalue weighted by Gasteiger charge is -2.20. The number of nitrogens with one attached hydrogen (secondary N) is 1. The third-order valence-electron chi connectivity index (χ3n) is 2.98. The van der Waals surface area contributed by atoms with Crippen LogP contribution in [0, 0.1) is 5.41 Å². The van der Waals surface area contributed by atoms with Gasteiger partial charge in [-0.2, -0.15) is 0 Å². The van der Waals surface area contributed by atoms with Gasteiger partial charge < -0.3 is 10.1 Å². The van der Waals surface area contributed by atoms with Crippen LogP contribution in [0.2, 0.25) is 0 Å². The van der Waals surface area contributed by atoms with Crippen LogP contribution in [0.1, 0.15) is 19.4 Å². The van der Waals surface area contributed by atoms with Crippen LogP contribution >= 0.6 is 0 Å². The molecule has 0 bridgehead atoms. The zero-order valence-electron chi connectivity index (χ0n) is 10.5. The van der Waals surface area contributed by atoms with E-state index in [2.05, 4.69) is 9.97 Å². The lowest BCUT2D eigenvalue weighted by atomic mass is 9.84. The van der Waals surface area contributed by atoms with Gasteiger partial charge in [-0.15, -0.1) is 0 Å². The number of imidazole rings is 1. The van der Waals surface area contributed by atoms with Gasteiger partial charge in [-0.3, -0.25) is 4.79 Å². The van der Waals surface area contributed by atoms with Gasteiger partial charge in [-0.25, -0.2) is 4.98 Å². The first-order chi connectivity index (χ1) is 8.50. The molecule has 0 saturated carbocycles. The molecule has 0 saturated heterocycles. The molecule has 0 radical (unpaired) electrons. The minimum absolute atomic E-state index is 0.471. The van der Waals surface area contributed by atoms with E-state index in [1.807, 2.05) is 24.3 Å². The highest BCUT2D eigenvalue weighted by Gasteiger charge is 2.28. The van der Waals surface area contributed by atoms with E-state index in [4.69, 9.17) is 0 Å². The quantitative estimate of drug-likeness (QED) is 0.869. The second kappa shape index (κ2) is 4.64. The minimum Gasteiger partial charge on any atom is -0.481 e. The Morgan fingerprint density at radius 2 is 2.11 bits per heavy atom. The molecule has 0 spiro atoms. The highest BCUT2D eigenvalue weighted by atomic mass is 16.4. The van der Waals surface area contributed by atoms with Gasteiger partial charge in [0.2, 0.25) is 0 Å². The maximum atomic E-state index is 11.2. The van der Waals surface area contributed by atoms with E-state index in [-0.39, 0.29) is 0 Å². The number of rotatable bonds is 4. The summed E-state index contributed by atoms with van der Waals surface area (Å²) in [5.74, 6) is -0.0245. The minimum atomic E-state index is -0.795. The largest absolute Gasteiger partial charge is 0.481 e. The molecule has 0 unspecified atom stereocenters. The van der Waals surface area contributed by atoms with E-state index in [0.717, 1.165) is 17.0 Å². The Labute approximate surface area is 106 Å². The zero-order chi connectivity index (χ0) is 13.2. The molecule has 0 fully saturated rings. The van der Waals surface area contributed by atoms with Crippen LogP contribution in [-0.4, -0.2) is 21.0 Å². The summed E-state index contributed by atoms with van der Waals surface area (Å²) >= 11 is 0. The van der Waals surface area contributed by atoms with Crippen LogP contribution in [0.5, 0.6) is 0 Å². The second-order valence-electron chi connectivity index (χ2n) is 4.96. The number of aromatic amines is 1. The van der Waals surface area contributed by atoms with Crippen molar-refractivity contribution in [3.63, 3.8) is 0 Å².